The highest BCUT2D eigenvalue weighted by molar-refractivity contribution is 4.96. The summed E-state index contributed by atoms with van der Waals surface area (Å²) < 4.78 is 10.5. The molecule has 2 atom stereocenters. The summed E-state index contributed by atoms with van der Waals surface area (Å²) >= 11 is 0. The topological polar surface area (TPSA) is 62.8 Å². The quantitative estimate of drug-likeness (QED) is 0.534. The van der Waals surface area contributed by atoms with Gasteiger partial charge < -0.3 is 25.2 Å². The van der Waals surface area contributed by atoms with Crippen LogP contribution in [0.1, 0.15) is 0 Å². The first-order valence-electron chi connectivity index (χ1n) is 4.92. The average molecular weight is 200 g/mol. The minimum absolute atomic E-state index is 0.112. The van der Waals surface area contributed by atoms with Gasteiger partial charge in [0.25, 0.3) is 0 Å². The summed E-state index contributed by atoms with van der Waals surface area (Å²) in [5, 5.41) is 15.8. The summed E-state index contributed by atoms with van der Waals surface area (Å²) in [4.78, 5) is 0. The van der Waals surface area contributed by atoms with Gasteiger partial charge in [0.2, 0.25) is 0 Å². The molecule has 2 aliphatic heterocycles. The largest absolute Gasteiger partial charge is 0.494 e. The normalized spacial score (nSPS) is 31.9. The van der Waals surface area contributed by atoms with E-state index in [-0.39, 0.29) is 12.1 Å². The molecule has 5 nitrogen and oxygen atoms in total. The summed E-state index contributed by atoms with van der Waals surface area (Å²) in [5.74, 6) is 0.801. The zero-order valence-corrected chi connectivity index (χ0v) is 8.03. The second-order valence-corrected chi connectivity index (χ2v) is 3.52. The Morgan fingerprint density at radius 2 is 2.43 bits per heavy atom. The fourth-order valence-corrected chi connectivity index (χ4v) is 1.60. The molecule has 0 amide bonds. The predicted molar refractivity (Wildman–Crippen MR) is 50.7 cm³/mol. The van der Waals surface area contributed by atoms with Crippen molar-refractivity contribution < 1.29 is 14.6 Å². The van der Waals surface area contributed by atoms with Crippen molar-refractivity contribution in [3.63, 3.8) is 0 Å². The lowest BCUT2D eigenvalue weighted by Crippen LogP contribution is -2.40. The lowest BCUT2D eigenvalue weighted by molar-refractivity contribution is 0.0783. The second kappa shape index (κ2) is 4.63. The van der Waals surface area contributed by atoms with Crippen molar-refractivity contribution in [2.75, 3.05) is 32.8 Å². The molecule has 0 aromatic rings. The van der Waals surface area contributed by atoms with Crippen LogP contribution in [0.5, 0.6) is 0 Å². The van der Waals surface area contributed by atoms with E-state index in [0.717, 1.165) is 12.3 Å². The monoisotopic (exact) mass is 200 g/mol. The molecule has 0 saturated carbocycles. The molecular formula is C9H16N2O3. The van der Waals surface area contributed by atoms with Crippen LogP contribution in [0.15, 0.2) is 12.0 Å². The maximum Gasteiger partial charge on any atom is 0.144 e. The van der Waals surface area contributed by atoms with Crippen molar-refractivity contribution in [1.29, 1.82) is 0 Å². The summed E-state index contributed by atoms with van der Waals surface area (Å²) in [5.41, 5.74) is 0. The van der Waals surface area contributed by atoms with Crippen LogP contribution in [0.4, 0.5) is 0 Å². The Hall–Kier alpha value is -0.780. The van der Waals surface area contributed by atoms with E-state index >= 15 is 0 Å². The molecule has 0 spiro atoms. The molecule has 0 aliphatic carbocycles. The van der Waals surface area contributed by atoms with Crippen LogP contribution in [0, 0.1) is 0 Å². The highest BCUT2D eigenvalue weighted by atomic mass is 16.6. The van der Waals surface area contributed by atoms with Gasteiger partial charge in [0, 0.05) is 19.1 Å². The average Bonchev–Trinajstić information content (AvgIpc) is 2.63. The van der Waals surface area contributed by atoms with Gasteiger partial charge in [-0.15, -0.1) is 0 Å². The summed E-state index contributed by atoms with van der Waals surface area (Å²) in [6.07, 6.45) is 1.32. The molecule has 14 heavy (non-hydrogen) atoms. The number of aliphatic hydroxyl groups excluding tert-OH is 1. The summed E-state index contributed by atoms with van der Waals surface area (Å²) in [6.45, 7) is 3.31. The molecular weight excluding hydrogens is 184 g/mol. The molecule has 0 bridgehead atoms. The van der Waals surface area contributed by atoms with Gasteiger partial charge in [-0.05, 0) is 0 Å². The number of nitrogens with one attached hydrogen (secondary N) is 2. The number of aliphatic hydroxyl groups is 1. The first kappa shape index (κ1) is 9.76. The van der Waals surface area contributed by atoms with E-state index in [1.54, 1.807) is 6.26 Å². The van der Waals surface area contributed by atoms with Crippen molar-refractivity contribution in [3.8, 4) is 0 Å². The van der Waals surface area contributed by atoms with Crippen molar-refractivity contribution in [2.24, 2.45) is 0 Å². The molecule has 1 fully saturated rings. The SMILES string of the molecule is O[C@@H]1CNC[C@H]1NCC1=COCCO1. The third kappa shape index (κ3) is 2.37. The molecule has 0 radical (unpaired) electrons. The van der Waals surface area contributed by atoms with E-state index < -0.39 is 0 Å². The molecule has 0 aromatic carbocycles. The Kier molecular flexibility index (Phi) is 3.23. The molecule has 0 unspecified atom stereocenters. The van der Waals surface area contributed by atoms with Gasteiger partial charge in [-0.1, -0.05) is 0 Å². The van der Waals surface area contributed by atoms with E-state index in [0.29, 0.717) is 26.3 Å². The minimum Gasteiger partial charge on any atom is -0.494 e. The molecule has 80 valence electrons. The standard InChI is InChI=1S/C9H16N2O3/c12-9-5-10-4-8(9)11-3-7-6-13-1-2-14-7/h6,8-12H,1-5H2/t8-,9-/m1/s1. The van der Waals surface area contributed by atoms with Crippen LogP contribution in [-0.4, -0.2) is 50.1 Å². The third-order valence-corrected chi connectivity index (χ3v) is 2.42. The third-order valence-electron chi connectivity index (χ3n) is 2.42. The Morgan fingerprint density at radius 1 is 1.50 bits per heavy atom. The van der Waals surface area contributed by atoms with E-state index in [2.05, 4.69) is 10.6 Å². The van der Waals surface area contributed by atoms with Crippen LogP contribution >= 0.6 is 0 Å². The maximum absolute atomic E-state index is 9.50. The van der Waals surface area contributed by atoms with E-state index in [4.69, 9.17) is 9.47 Å². The zero-order chi connectivity index (χ0) is 9.80. The zero-order valence-electron chi connectivity index (χ0n) is 8.03. The maximum atomic E-state index is 9.50. The lowest BCUT2D eigenvalue weighted by atomic mass is 10.2. The fourth-order valence-electron chi connectivity index (χ4n) is 1.60. The fraction of sp³-hybridized carbons (Fsp3) is 0.778. The van der Waals surface area contributed by atoms with Crippen molar-refractivity contribution in [3.05, 3.63) is 12.0 Å². The Balaban J connectivity index is 1.73. The highest BCUT2D eigenvalue weighted by Gasteiger charge is 2.24. The van der Waals surface area contributed by atoms with Gasteiger partial charge in [0.1, 0.15) is 25.2 Å². The summed E-state index contributed by atoms with van der Waals surface area (Å²) in [6, 6.07) is 0.112. The molecule has 2 heterocycles. The molecule has 5 heteroatoms. The second-order valence-electron chi connectivity index (χ2n) is 3.52. The predicted octanol–water partition coefficient (Wildman–Crippen LogP) is -1.20. The van der Waals surface area contributed by atoms with Crippen LogP contribution < -0.4 is 10.6 Å². The lowest BCUT2D eigenvalue weighted by Gasteiger charge is -2.19. The molecule has 2 rings (SSSR count). The van der Waals surface area contributed by atoms with Gasteiger partial charge in [-0.2, -0.15) is 0 Å². The number of β-amino-alcohol motifs (C(OH)–C–C–N with tert-alkyl or cyclic N) is 1. The summed E-state index contributed by atoms with van der Waals surface area (Å²) in [7, 11) is 0. The van der Waals surface area contributed by atoms with Gasteiger partial charge in [0.05, 0.1) is 12.6 Å². The van der Waals surface area contributed by atoms with Crippen LogP contribution in [0.2, 0.25) is 0 Å². The smallest absolute Gasteiger partial charge is 0.144 e. The van der Waals surface area contributed by atoms with Gasteiger partial charge in [-0.25, -0.2) is 0 Å². The van der Waals surface area contributed by atoms with Crippen molar-refractivity contribution in [2.45, 2.75) is 12.1 Å². The molecule has 3 N–H and O–H groups in total. The number of rotatable bonds is 3. The minimum atomic E-state index is -0.305. The number of hydrogen-bond donors (Lipinski definition) is 3. The highest BCUT2D eigenvalue weighted by Crippen LogP contribution is 2.04. The molecule has 0 aromatic heterocycles. The number of hydrogen-bond acceptors (Lipinski definition) is 5. The van der Waals surface area contributed by atoms with Crippen molar-refractivity contribution in [1.82, 2.24) is 10.6 Å². The van der Waals surface area contributed by atoms with E-state index in [1.807, 2.05) is 0 Å². The molecule has 2 aliphatic rings. The Morgan fingerprint density at radius 3 is 3.07 bits per heavy atom. The van der Waals surface area contributed by atoms with Crippen molar-refractivity contribution >= 4 is 0 Å². The van der Waals surface area contributed by atoms with Gasteiger partial charge >= 0.3 is 0 Å². The van der Waals surface area contributed by atoms with Crippen LogP contribution in [0.25, 0.3) is 0 Å². The first-order valence-corrected chi connectivity index (χ1v) is 4.92. The van der Waals surface area contributed by atoms with Crippen LogP contribution in [-0.2, 0) is 9.47 Å². The Bertz CT molecular complexity index is 220. The number of ether oxygens (including phenoxy) is 2. The van der Waals surface area contributed by atoms with Crippen LogP contribution in [0.3, 0.4) is 0 Å². The van der Waals surface area contributed by atoms with E-state index in [1.165, 1.54) is 0 Å². The Labute approximate surface area is 83.1 Å². The van der Waals surface area contributed by atoms with E-state index in [9.17, 15) is 5.11 Å². The first-order chi connectivity index (χ1) is 6.86. The molecule has 1 saturated heterocycles. The van der Waals surface area contributed by atoms with Gasteiger partial charge in [0.15, 0.2) is 0 Å². The van der Waals surface area contributed by atoms with Gasteiger partial charge in [-0.3, -0.25) is 0 Å².